The Kier molecular flexibility index (Phi) is 9.57. The lowest BCUT2D eigenvalue weighted by molar-refractivity contribution is 0.297. The number of aromatic nitrogens is 2. The van der Waals surface area contributed by atoms with Gasteiger partial charge in [-0.05, 0) is 65.2 Å². The molecule has 1 rings (SSSR count). The van der Waals surface area contributed by atoms with E-state index in [9.17, 15) is 0 Å². The lowest BCUT2D eigenvalue weighted by atomic mass is 10.1. The molecule has 1 atom stereocenters. The van der Waals surface area contributed by atoms with Crippen molar-refractivity contribution in [3.05, 3.63) is 17.0 Å². The van der Waals surface area contributed by atoms with Crippen LogP contribution in [0, 0.1) is 13.8 Å². The van der Waals surface area contributed by atoms with Crippen LogP contribution < -0.4 is 10.6 Å². The summed E-state index contributed by atoms with van der Waals surface area (Å²) < 4.78 is 1.96. The molecule has 2 N–H and O–H groups in total. The number of hydrogen-bond acceptors (Lipinski definition) is 3. The second kappa shape index (κ2) is 11.1. The van der Waals surface area contributed by atoms with E-state index in [0.29, 0.717) is 6.04 Å². The second-order valence-corrected chi connectivity index (χ2v) is 6.76. The number of aryl methyl sites for hydroxylation is 2. The molecule has 0 saturated carbocycles. The number of unbranched alkanes of at least 4 members (excludes halogenated alkanes) is 1. The maximum atomic E-state index is 4.50. The molecule has 6 heteroatoms. The minimum absolute atomic E-state index is 0.309. The van der Waals surface area contributed by atoms with Gasteiger partial charge in [0.2, 0.25) is 0 Å². The first-order valence-corrected chi connectivity index (χ1v) is 9.61. The molecule has 1 heterocycles. The largest absolute Gasteiger partial charge is 0.356 e. The predicted molar refractivity (Wildman–Crippen MR) is 107 cm³/mol. The van der Waals surface area contributed by atoms with E-state index >= 15 is 0 Å². The van der Waals surface area contributed by atoms with Crippen LogP contribution in [-0.4, -0.2) is 59.9 Å². The predicted octanol–water partition coefficient (Wildman–Crippen LogP) is 2.25. The second-order valence-electron chi connectivity index (χ2n) is 6.76. The minimum Gasteiger partial charge on any atom is -0.356 e. The molecule has 0 spiro atoms. The Morgan fingerprint density at radius 3 is 2.44 bits per heavy atom. The SMILES string of the molecule is CCN(CC)CCCCNC(=NC)NC(C)Cc1c(C)nn(C)c1C. The Bertz CT molecular complexity index is 530. The monoisotopic (exact) mass is 350 g/mol. The molecule has 0 saturated heterocycles. The molecule has 25 heavy (non-hydrogen) atoms. The standard InChI is InChI=1S/C19H38N6/c1-8-25(9-2)13-11-10-12-21-19(20-6)22-15(3)14-18-16(4)23-24(7)17(18)5/h15H,8-14H2,1-7H3,(H2,20,21,22). The third kappa shape index (κ3) is 7.06. The average Bonchev–Trinajstić information content (AvgIpc) is 2.83. The van der Waals surface area contributed by atoms with Crippen LogP contribution in [0.15, 0.2) is 4.99 Å². The summed E-state index contributed by atoms with van der Waals surface area (Å²) >= 11 is 0. The van der Waals surface area contributed by atoms with Crippen molar-refractivity contribution in [1.82, 2.24) is 25.3 Å². The van der Waals surface area contributed by atoms with Crippen molar-refractivity contribution in [3.63, 3.8) is 0 Å². The zero-order valence-electron chi connectivity index (χ0n) is 17.3. The van der Waals surface area contributed by atoms with Crippen LogP contribution in [0.1, 0.15) is 50.6 Å². The number of aliphatic imine (C=N–C) groups is 1. The molecule has 1 aromatic heterocycles. The number of nitrogens with zero attached hydrogens (tertiary/aromatic N) is 4. The van der Waals surface area contributed by atoms with Gasteiger partial charge in [0.1, 0.15) is 0 Å². The molecule has 1 unspecified atom stereocenters. The summed E-state index contributed by atoms with van der Waals surface area (Å²) in [7, 11) is 3.83. The molecule has 0 bridgehead atoms. The Morgan fingerprint density at radius 2 is 1.92 bits per heavy atom. The Morgan fingerprint density at radius 1 is 1.24 bits per heavy atom. The van der Waals surface area contributed by atoms with E-state index in [0.717, 1.165) is 44.1 Å². The van der Waals surface area contributed by atoms with Crippen molar-refractivity contribution in [3.8, 4) is 0 Å². The van der Waals surface area contributed by atoms with Crippen LogP contribution >= 0.6 is 0 Å². The van der Waals surface area contributed by atoms with Gasteiger partial charge in [-0.2, -0.15) is 5.10 Å². The van der Waals surface area contributed by atoms with E-state index in [-0.39, 0.29) is 0 Å². The highest BCUT2D eigenvalue weighted by atomic mass is 15.3. The van der Waals surface area contributed by atoms with Gasteiger partial charge >= 0.3 is 0 Å². The molecule has 6 nitrogen and oxygen atoms in total. The van der Waals surface area contributed by atoms with Crippen LogP contribution in [-0.2, 0) is 13.5 Å². The van der Waals surface area contributed by atoms with E-state index in [4.69, 9.17) is 0 Å². The highest BCUT2D eigenvalue weighted by Gasteiger charge is 2.13. The number of nitrogens with one attached hydrogen (secondary N) is 2. The summed E-state index contributed by atoms with van der Waals surface area (Å²) in [5.41, 5.74) is 3.69. The van der Waals surface area contributed by atoms with Crippen molar-refractivity contribution in [2.24, 2.45) is 12.0 Å². The molecule has 0 aromatic carbocycles. The lowest BCUT2D eigenvalue weighted by Gasteiger charge is -2.19. The summed E-state index contributed by atoms with van der Waals surface area (Å²) in [6, 6.07) is 0.309. The number of hydrogen-bond donors (Lipinski definition) is 2. The van der Waals surface area contributed by atoms with Crippen LogP contribution in [0.3, 0.4) is 0 Å². The Labute approximate surface area is 154 Å². The van der Waals surface area contributed by atoms with E-state index in [1.54, 1.807) is 0 Å². The topological polar surface area (TPSA) is 57.5 Å². The molecule has 1 aromatic rings. The smallest absolute Gasteiger partial charge is 0.191 e. The van der Waals surface area contributed by atoms with Gasteiger partial charge in [-0.25, -0.2) is 0 Å². The van der Waals surface area contributed by atoms with E-state index in [1.165, 1.54) is 24.2 Å². The third-order valence-electron chi connectivity index (χ3n) is 4.86. The van der Waals surface area contributed by atoms with Crippen molar-refractivity contribution in [2.45, 2.75) is 59.9 Å². The van der Waals surface area contributed by atoms with Crippen molar-refractivity contribution in [2.75, 3.05) is 33.2 Å². The van der Waals surface area contributed by atoms with E-state index in [1.807, 2.05) is 18.8 Å². The molecule has 0 aliphatic rings. The van der Waals surface area contributed by atoms with Gasteiger partial charge in [0, 0.05) is 32.4 Å². The molecule has 0 radical (unpaired) electrons. The van der Waals surface area contributed by atoms with E-state index in [2.05, 4.69) is 60.2 Å². The van der Waals surface area contributed by atoms with Gasteiger partial charge in [0.15, 0.2) is 5.96 Å². The molecule has 0 amide bonds. The van der Waals surface area contributed by atoms with Gasteiger partial charge in [-0.3, -0.25) is 9.67 Å². The van der Waals surface area contributed by atoms with Crippen molar-refractivity contribution in [1.29, 1.82) is 0 Å². The van der Waals surface area contributed by atoms with Crippen LogP contribution in [0.2, 0.25) is 0 Å². The van der Waals surface area contributed by atoms with E-state index < -0.39 is 0 Å². The minimum atomic E-state index is 0.309. The molecule has 0 aliphatic heterocycles. The Hall–Kier alpha value is -1.56. The van der Waals surface area contributed by atoms with Crippen LogP contribution in [0.25, 0.3) is 0 Å². The number of rotatable bonds is 10. The van der Waals surface area contributed by atoms with Crippen LogP contribution in [0.5, 0.6) is 0 Å². The molecule has 0 aliphatic carbocycles. The summed E-state index contributed by atoms with van der Waals surface area (Å²) in [6.45, 7) is 15.3. The van der Waals surface area contributed by atoms with Crippen LogP contribution in [0.4, 0.5) is 0 Å². The number of guanidine groups is 1. The Balaban J connectivity index is 2.35. The maximum absolute atomic E-state index is 4.50. The fourth-order valence-electron chi connectivity index (χ4n) is 3.11. The first kappa shape index (κ1) is 21.5. The third-order valence-corrected chi connectivity index (χ3v) is 4.86. The van der Waals surface area contributed by atoms with Gasteiger partial charge in [0.05, 0.1) is 5.69 Å². The molecule has 0 fully saturated rings. The summed E-state index contributed by atoms with van der Waals surface area (Å²) in [5.74, 6) is 0.884. The quantitative estimate of drug-likeness (QED) is 0.386. The van der Waals surface area contributed by atoms with Gasteiger partial charge < -0.3 is 15.5 Å². The zero-order valence-corrected chi connectivity index (χ0v) is 17.3. The molecular weight excluding hydrogens is 312 g/mol. The summed E-state index contributed by atoms with van der Waals surface area (Å²) in [6.07, 6.45) is 3.33. The maximum Gasteiger partial charge on any atom is 0.191 e. The molecule has 144 valence electrons. The summed E-state index contributed by atoms with van der Waals surface area (Å²) in [5, 5.41) is 11.4. The normalized spacial score (nSPS) is 13.4. The zero-order chi connectivity index (χ0) is 18.8. The van der Waals surface area contributed by atoms with Gasteiger partial charge in [-0.1, -0.05) is 13.8 Å². The fraction of sp³-hybridized carbons (Fsp3) is 0.789. The first-order chi connectivity index (χ1) is 11.9. The van der Waals surface area contributed by atoms with Gasteiger partial charge in [0.25, 0.3) is 0 Å². The first-order valence-electron chi connectivity index (χ1n) is 9.61. The highest BCUT2D eigenvalue weighted by molar-refractivity contribution is 5.79. The fourth-order valence-corrected chi connectivity index (χ4v) is 3.11. The summed E-state index contributed by atoms with van der Waals surface area (Å²) in [4.78, 5) is 6.81. The lowest BCUT2D eigenvalue weighted by Crippen LogP contribution is -2.43. The van der Waals surface area contributed by atoms with Crippen molar-refractivity contribution >= 4 is 5.96 Å². The van der Waals surface area contributed by atoms with Crippen molar-refractivity contribution < 1.29 is 0 Å². The average molecular weight is 351 g/mol. The molecular formula is C19H38N6. The van der Waals surface area contributed by atoms with Gasteiger partial charge in [-0.15, -0.1) is 0 Å². The highest BCUT2D eigenvalue weighted by Crippen LogP contribution is 2.14.